The van der Waals surface area contributed by atoms with Crippen LogP contribution in [0.4, 0.5) is 0 Å². The average Bonchev–Trinajstić information content (AvgIpc) is 3.03. The van der Waals surface area contributed by atoms with Gasteiger partial charge in [-0.05, 0) is 35.7 Å². The molecule has 0 aliphatic rings. The molecular weight excluding hydrogens is 270 g/mol. The Morgan fingerprint density at radius 1 is 1.14 bits per heavy atom. The molecule has 0 aliphatic carbocycles. The molecule has 3 aromatic rings. The minimum absolute atomic E-state index is 0.700. The molecule has 22 heavy (non-hydrogen) atoms. The highest BCUT2D eigenvalue weighted by atomic mass is 14.9. The molecule has 0 fully saturated rings. The van der Waals surface area contributed by atoms with Crippen molar-refractivity contribution in [3.8, 4) is 17.2 Å². The van der Waals surface area contributed by atoms with Crippen molar-refractivity contribution in [1.29, 1.82) is 5.26 Å². The molecule has 108 valence electrons. The highest BCUT2D eigenvalue weighted by Crippen LogP contribution is 2.24. The molecule has 0 atom stereocenters. The fourth-order valence-electron chi connectivity index (χ4n) is 2.65. The van der Waals surface area contributed by atoms with Crippen LogP contribution in [0.2, 0.25) is 0 Å². The second kappa shape index (κ2) is 6.28. The van der Waals surface area contributed by atoms with Gasteiger partial charge in [0.2, 0.25) is 0 Å². The van der Waals surface area contributed by atoms with Gasteiger partial charge in [-0.15, -0.1) is 0 Å². The molecule has 3 rings (SSSR count). The fourth-order valence-corrected chi connectivity index (χ4v) is 2.65. The number of pyridine rings is 1. The summed E-state index contributed by atoms with van der Waals surface area (Å²) in [6.07, 6.45) is 8.91. The standard InChI is InChI=1S/C19H17N3/c1-2-15-7-9-21-12-19(15)18-8-10-22(14-18)13-17-6-4-3-5-16(17)11-20/h3-10,12,14H,2,13H2,1H3. The number of aromatic nitrogens is 2. The van der Waals surface area contributed by atoms with Crippen LogP contribution in [-0.2, 0) is 13.0 Å². The van der Waals surface area contributed by atoms with E-state index >= 15 is 0 Å². The number of rotatable bonds is 4. The molecule has 0 radical (unpaired) electrons. The van der Waals surface area contributed by atoms with E-state index in [1.807, 2.05) is 36.7 Å². The molecule has 0 bridgehead atoms. The van der Waals surface area contributed by atoms with Crippen LogP contribution in [0.5, 0.6) is 0 Å². The first-order valence-electron chi connectivity index (χ1n) is 7.39. The van der Waals surface area contributed by atoms with Crippen molar-refractivity contribution in [1.82, 2.24) is 9.55 Å². The van der Waals surface area contributed by atoms with Gasteiger partial charge in [-0.3, -0.25) is 4.98 Å². The lowest BCUT2D eigenvalue weighted by Crippen LogP contribution is -1.98. The molecule has 0 saturated carbocycles. The normalized spacial score (nSPS) is 10.4. The lowest BCUT2D eigenvalue weighted by Gasteiger charge is -2.06. The fraction of sp³-hybridized carbons (Fsp3) is 0.158. The third-order valence-electron chi connectivity index (χ3n) is 3.84. The van der Waals surface area contributed by atoms with Gasteiger partial charge in [0.25, 0.3) is 0 Å². The topological polar surface area (TPSA) is 41.6 Å². The lowest BCUT2D eigenvalue weighted by atomic mass is 10.0. The zero-order valence-electron chi connectivity index (χ0n) is 12.5. The molecular formula is C19H17N3. The summed E-state index contributed by atoms with van der Waals surface area (Å²) in [6, 6.07) is 14.1. The van der Waals surface area contributed by atoms with Crippen LogP contribution in [-0.4, -0.2) is 9.55 Å². The molecule has 3 nitrogen and oxygen atoms in total. The van der Waals surface area contributed by atoms with E-state index in [0.29, 0.717) is 6.54 Å². The lowest BCUT2D eigenvalue weighted by molar-refractivity contribution is 0.804. The average molecular weight is 287 g/mol. The van der Waals surface area contributed by atoms with Gasteiger partial charge < -0.3 is 4.57 Å². The summed E-state index contributed by atoms with van der Waals surface area (Å²) in [6.45, 7) is 2.85. The molecule has 2 heterocycles. The molecule has 0 N–H and O–H groups in total. The second-order valence-electron chi connectivity index (χ2n) is 5.23. The second-order valence-corrected chi connectivity index (χ2v) is 5.23. The molecule has 0 unspecified atom stereocenters. The van der Waals surface area contributed by atoms with E-state index in [0.717, 1.165) is 17.5 Å². The van der Waals surface area contributed by atoms with Crippen molar-refractivity contribution < 1.29 is 0 Å². The molecule has 0 saturated heterocycles. The van der Waals surface area contributed by atoms with E-state index in [1.54, 1.807) is 0 Å². The van der Waals surface area contributed by atoms with Crippen molar-refractivity contribution in [2.75, 3.05) is 0 Å². The predicted molar refractivity (Wildman–Crippen MR) is 87.3 cm³/mol. The summed E-state index contributed by atoms with van der Waals surface area (Å²) in [7, 11) is 0. The van der Waals surface area contributed by atoms with Gasteiger partial charge in [0.1, 0.15) is 0 Å². The maximum Gasteiger partial charge on any atom is 0.0995 e. The zero-order chi connectivity index (χ0) is 15.4. The van der Waals surface area contributed by atoms with Crippen LogP contribution < -0.4 is 0 Å². The third kappa shape index (κ3) is 2.77. The van der Waals surface area contributed by atoms with Gasteiger partial charge in [-0.2, -0.15) is 5.26 Å². The van der Waals surface area contributed by atoms with Gasteiger partial charge in [-0.25, -0.2) is 0 Å². The molecule has 0 aliphatic heterocycles. The Morgan fingerprint density at radius 2 is 2.00 bits per heavy atom. The Labute approximate surface area is 130 Å². The monoisotopic (exact) mass is 287 g/mol. The van der Waals surface area contributed by atoms with Crippen molar-refractivity contribution in [2.45, 2.75) is 19.9 Å². The minimum Gasteiger partial charge on any atom is -0.349 e. The van der Waals surface area contributed by atoms with Crippen molar-refractivity contribution in [3.05, 3.63) is 77.9 Å². The summed E-state index contributed by atoms with van der Waals surface area (Å²) in [5.74, 6) is 0. The van der Waals surface area contributed by atoms with Crippen LogP contribution >= 0.6 is 0 Å². The van der Waals surface area contributed by atoms with Crippen molar-refractivity contribution in [2.24, 2.45) is 0 Å². The largest absolute Gasteiger partial charge is 0.349 e. The number of aryl methyl sites for hydroxylation is 1. The molecule has 0 spiro atoms. The van der Waals surface area contributed by atoms with E-state index in [-0.39, 0.29) is 0 Å². The third-order valence-corrected chi connectivity index (χ3v) is 3.84. The first-order chi connectivity index (χ1) is 10.8. The maximum atomic E-state index is 9.18. The van der Waals surface area contributed by atoms with Crippen LogP contribution in [0.15, 0.2) is 61.2 Å². The highest BCUT2D eigenvalue weighted by molar-refractivity contribution is 5.65. The Hall–Kier alpha value is -2.86. The van der Waals surface area contributed by atoms with Crippen LogP contribution in [0, 0.1) is 11.3 Å². The Balaban J connectivity index is 1.90. The number of nitriles is 1. The quantitative estimate of drug-likeness (QED) is 0.727. The van der Waals surface area contributed by atoms with Crippen molar-refractivity contribution in [3.63, 3.8) is 0 Å². The van der Waals surface area contributed by atoms with E-state index in [9.17, 15) is 5.26 Å². The van der Waals surface area contributed by atoms with Gasteiger partial charge in [-0.1, -0.05) is 25.1 Å². The Kier molecular flexibility index (Phi) is 4.02. The molecule has 2 aromatic heterocycles. The maximum absolute atomic E-state index is 9.18. The molecule has 0 amide bonds. The summed E-state index contributed by atoms with van der Waals surface area (Å²) < 4.78 is 2.11. The first-order valence-corrected chi connectivity index (χ1v) is 7.39. The van der Waals surface area contributed by atoms with Gasteiger partial charge in [0, 0.05) is 42.5 Å². The zero-order valence-corrected chi connectivity index (χ0v) is 12.5. The number of hydrogen-bond acceptors (Lipinski definition) is 2. The number of hydrogen-bond donors (Lipinski definition) is 0. The number of benzene rings is 1. The predicted octanol–water partition coefficient (Wildman–Crippen LogP) is 4.03. The van der Waals surface area contributed by atoms with E-state index < -0.39 is 0 Å². The first kappa shape index (κ1) is 14.1. The molecule has 3 heteroatoms. The summed E-state index contributed by atoms with van der Waals surface area (Å²) in [4.78, 5) is 4.24. The number of nitrogens with zero attached hydrogens (tertiary/aromatic N) is 3. The van der Waals surface area contributed by atoms with Crippen molar-refractivity contribution >= 4 is 0 Å². The summed E-state index contributed by atoms with van der Waals surface area (Å²) in [5.41, 5.74) is 5.41. The van der Waals surface area contributed by atoms with Crippen LogP contribution in [0.25, 0.3) is 11.1 Å². The van der Waals surface area contributed by atoms with Crippen LogP contribution in [0.3, 0.4) is 0 Å². The molecule has 1 aromatic carbocycles. The summed E-state index contributed by atoms with van der Waals surface area (Å²) >= 11 is 0. The van der Waals surface area contributed by atoms with E-state index in [2.05, 4.69) is 47.1 Å². The summed E-state index contributed by atoms with van der Waals surface area (Å²) in [5, 5.41) is 9.18. The smallest absolute Gasteiger partial charge is 0.0995 e. The SMILES string of the molecule is CCc1ccncc1-c1ccn(Cc2ccccc2C#N)c1. The Morgan fingerprint density at radius 3 is 2.82 bits per heavy atom. The van der Waals surface area contributed by atoms with E-state index in [4.69, 9.17) is 0 Å². The van der Waals surface area contributed by atoms with Gasteiger partial charge in [0.15, 0.2) is 0 Å². The van der Waals surface area contributed by atoms with Crippen LogP contribution in [0.1, 0.15) is 23.6 Å². The Bertz CT molecular complexity index is 824. The van der Waals surface area contributed by atoms with E-state index in [1.165, 1.54) is 16.7 Å². The van der Waals surface area contributed by atoms with Gasteiger partial charge in [0.05, 0.1) is 11.6 Å². The highest BCUT2D eigenvalue weighted by Gasteiger charge is 2.07. The minimum atomic E-state index is 0.700. The van der Waals surface area contributed by atoms with Gasteiger partial charge >= 0.3 is 0 Å².